The second kappa shape index (κ2) is 10.0. The molecule has 2 fully saturated rings. The van der Waals surface area contributed by atoms with Gasteiger partial charge in [-0.15, -0.1) is 23.7 Å². The molecule has 3 rings (SSSR count). The average Bonchev–Trinajstić information content (AvgIpc) is 3.11. The van der Waals surface area contributed by atoms with Crippen molar-refractivity contribution in [2.24, 2.45) is 5.92 Å². The number of piperidine rings is 2. The molecule has 2 aliphatic rings. The fourth-order valence-corrected chi connectivity index (χ4v) is 6.43. The molecule has 0 radical (unpaired) electrons. The summed E-state index contributed by atoms with van der Waals surface area (Å²) in [6.45, 7) is 3.92. The Bertz CT molecular complexity index is 681. The predicted octanol–water partition coefficient (Wildman–Crippen LogP) is 2.00. The number of nitrogens with zero attached hydrogens (tertiary/aromatic N) is 1. The predicted molar refractivity (Wildman–Crippen MR) is 106 cm³/mol. The second-order valence-corrected chi connectivity index (χ2v) is 10.2. The Morgan fingerprint density at radius 3 is 2.69 bits per heavy atom. The Morgan fingerprint density at radius 1 is 1.23 bits per heavy atom. The molecule has 2 N–H and O–H groups in total. The van der Waals surface area contributed by atoms with Gasteiger partial charge >= 0.3 is 0 Å². The lowest BCUT2D eigenvalue weighted by Gasteiger charge is -2.25. The third kappa shape index (κ3) is 5.66. The van der Waals surface area contributed by atoms with Gasteiger partial charge in [-0.1, -0.05) is 6.42 Å². The quantitative estimate of drug-likeness (QED) is 0.736. The molecule has 1 aromatic rings. The van der Waals surface area contributed by atoms with E-state index in [4.69, 9.17) is 0 Å². The van der Waals surface area contributed by atoms with Gasteiger partial charge in [-0.25, -0.2) is 8.42 Å². The summed E-state index contributed by atoms with van der Waals surface area (Å²) in [5.74, 6) is 0.463. The van der Waals surface area contributed by atoms with Gasteiger partial charge < -0.3 is 10.6 Å². The molecular weight excluding hydrogens is 394 g/mol. The Morgan fingerprint density at radius 2 is 2.00 bits per heavy atom. The number of halogens is 1. The Kier molecular flexibility index (Phi) is 8.35. The molecule has 9 heteroatoms. The van der Waals surface area contributed by atoms with E-state index in [9.17, 15) is 13.2 Å². The van der Waals surface area contributed by atoms with Crippen LogP contribution in [0.25, 0.3) is 0 Å². The highest BCUT2D eigenvalue weighted by Gasteiger charge is 2.27. The summed E-state index contributed by atoms with van der Waals surface area (Å²) in [7, 11) is -3.39. The SMILES string of the molecule is Cl.O=C(Cc1ccc(S(=O)(=O)N2CCCCC2)s1)NCC1CCCNC1. The van der Waals surface area contributed by atoms with Gasteiger partial charge in [-0.3, -0.25) is 4.79 Å². The molecule has 26 heavy (non-hydrogen) atoms. The number of sulfonamides is 1. The molecule has 2 aliphatic heterocycles. The first-order valence-corrected chi connectivity index (χ1v) is 11.4. The summed E-state index contributed by atoms with van der Waals surface area (Å²) >= 11 is 1.22. The monoisotopic (exact) mass is 421 g/mol. The zero-order valence-corrected chi connectivity index (χ0v) is 17.4. The molecule has 6 nitrogen and oxygen atoms in total. The maximum absolute atomic E-state index is 12.6. The topological polar surface area (TPSA) is 78.5 Å². The van der Waals surface area contributed by atoms with E-state index < -0.39 is 10.0 Å². The fraction of sp³-hybridized carbons (Fsp3) is 0.706. The van der Waals surface area contributed by atoms with Gasteiger partial charge in [0.15, 0.2) is 0 Å². The van der Waals surface area contributed by atoms with Gasteiger partial charge in [-0.2, -0.15) is 4.31 Å². The minimum absolute atomic E-state index is 0. The first kappa shape index (κ1) is 21.6. The van der Waals surface area contributed by atoms with Crippen LogP contribution in [-0.4, -0.2) is 51.4 Å². The normalized spacial score (nSPS) is 21.8. The number of thiophene rings is 1. The van der Waals surface area contributed by atoms with E-state index in [1.165, 1.54) is 11.3 Å². The number of rotatable bonds is 6. The van der Waals surface area contributed by atoms with Crippen molar-refractivity contribution in [3.8, 4) is 0 Å². The molecular formula is C17H28ClN3O3S2. The van der Waals surface area contributed by atoms with Crippen molar-refractivity contribution >= 4 is 39.7 Å². The van der Waals surface area contributed by atoms with Crippen molar-refractivity contribution in [2.75, 3.05) is 32.7 Å². The summed E-state index contributed by atoms with van der Waals surface area (Å²) in [4.78, 5) is 12.9. The van der Waals surface area contributed by atoms with Gasteiger partial charge in [-0.05, 0) is 56.8 Å². The van der Waals surface area contributed by atoms with Crippen LogP contribution in [0.2, 0.25) is 0 Å². The van der Waals surface area contributed by atoms with E-state index in [1.54, 1.807) is 16.4 Å². The summed E-state index contributed by atoms with van der Waals surface area (Å²) in [5.41, 5.74) is 0. The van der Waals surface area contributed by atoms with Crippen molar-refractivity contribution < 1.29 is 13.2 Å². The van der Waals surface area contributed by atoms with Crippen LogP contribution < -0.4 is 10.6 Å². The molecule has 0 saturated carbocycles. The molecule has 0 spiro atoms. The maximum Gasteiger partial charge on any atom is 0.252 e. The Labute approximate surface area is 166 Å². The average molecular weight is 422 g/mol. The lowest BCUT2D eigenvalue weighted by molar-refractivity contribution is -0.120. The highest BCUT2D eigenvalue weighted by molar-refractivity contribution is 7.91. The molecule has 1 amide bonds. The molecule has 0 bridgehead atoms. The molecule has 1 unspecified atom stereocenters. The van der Waals surface area contributed by atoms with E-state index >= 15 is 0 Å². The van der Waals surface area contributed by atoms with Gasteiger partial charge in [0.05, 0.1) is 6.42 Å². The number of carbonyl (C=O) groups is 1. The molecule has 2 saturated heterocycles. The molecule has 148 valence electrons. The van der Waals surface area contributed by atoms with Crippen molar-refractivity contribution in [3.05, 3.63) is 17.0 Å². The molecule has 0 aromatic carbocycles. The van der Waals surface area contributed by atoms with Crippen LogP contribution in [0.5, 0.6) is 0 Å². The summed E-state index contributed by atoms with van der Waals surface area (Å²) in [6.07, 6.45) is 5.50. The van der Waals surface area contributed by atoms with Gasteiger partial charge in [0.2, 0.25) is 5.91 Å². The van der Waals surface area contributed by atoms with Crippen molar-refractivity contribution in [1.29, 1.82) is 0 Å². The lowest BCUT2D eigenvalue weighted by atomic mass is 10.00. The van der Waals surface area contributed by atoms with Gasteiger partial charge in [0.1, 0.15) is 4.21 Å². The van der Waals surface area contributed by atoms with Crippen LogP contribution in [0, 0.1) is 5.92 Å². The van der Waals surface area contributed by atoms with Crippen molar-refractivity contribution in [2.45, 2.75) is 42.7 Å². The highest BCUT2D eigenvalue weighted by atomic mass is 35.5. The smallest absolute Gasteiger partial charge is 0.252 e. The second-order valence-electron chi connectivity index (χ2n) is 6.88. The maximum atomic E-state index is 12.6. The number of carbonyl (C=O) groups excluding carboxylic acids is 1. The molecule has 0 aliphatic carbocycles. The highest BCUT2D eigenvalue weighted by Crippen LogP contribution is 2.27. The first-order chi connectivity index (χ1) is 12.1. The number of hydrogen-bond donors (Lipinski definition) is 2. The van der Waals surface area contributed by atoms with E-state index in [0.717, 1.165) is 50.1 Å². The molecule has 1 atom stereocenters. The van der Waals surface area contributed by atoms with Gasteiger partial charge in [0.25, 0.3) is 10.0 Å². The van der Waals surface area contributed by atoms with Crippen LogP contribution in [0.15, 0.2) is 16.3 Å². The van der Waals surface area contributed by atoms with Crippen molar-refractivity contribution in [3.63, 3.8) is 0 Å². The number of amides is 1. The van der Waals surface area contributed by atoms with Crippen LogP contribution in [0.4, 0.5) is 0 Å². The standard InChI is InChI=1S/C17H27N3O3S2.ClH/c21-16(19-13-14-5-4-8-18-12-14)11-15-6-7-17(24-15)25(22,23)20-9-2-1-3-10-20;/h6-7,14,18H,1-5,8-13H2,(H,19,21);1H. The van der Waals surface area contributed by atoms with Crippen LogP contribution in [0.3, 0.4) is 0 Å². The molecule has 3 heterocycles. The first-order valence-electron chi connectivity index (χ1n) is 9.12. The summed E-state index contributed by atoms with van der Waals surface area (Å²) in [5, 5.41) is 6.32. The van der Waals surface area contributed by atoms with E-state index in [0.29, 0.717) is 29.8 Å². The summed E-state index contributed by atoms with van der Waals surface area (Å²) in [6, 6.07) is 3.41. The van der Waals surface area contributed by atoms with Crippen LogP contribution in [-0.2, 0) is 21.2 Å². The Hall–Kier alpha value is -0.670. The van der Waals surface area contributed by atoms with Crippen LogP contribution in [0.1, 0.15) is 37.0 Å². The largest absolute Gasteiger partial charge is 0.355 e. The number of hydrogen-bond acceptors (Lipinski definition) is 5. The van der Waals surface area contributed by atoms with Gasteiger partial charge in [0, 0.05) is 24.5 Å². The third-order valence-electron chi connectivity index (χ3n) is 4.87. The number of nitrogens with one attached hydrogen (secondary N) is 2. The minimum atomic E-state index is -3.39. The van der Waals surface area contributed by atoms with Crippen LogP contribution >= 0.6 is 23.7 Å². The zero-order valence-electron chi connectivity index (χ0n) is 14.9. The van der Waals surface area contributed by atoms with Crippen molar-refractivity contribution in [1.82, 2.24) is 14.9 Å². The minimum Gasteiger partial charge on any atom is -0.355 e. The Balaban J connectivity index is 0.00000243. The third-order valence-corrected chi connectivity index (χ3v) is 8.32. The van der Waals surface area contributed by atoms with E-state index in [2.05, 4.69) is 10.6 Å². The molecule has 1 aromatic heterocycles. The lowest BCUT2D eigenvalue weighted by Crippen LogP contribution is -2.38. The van der Waals surface area contributed by atoms with E-state index in [1.807, 2.05) is 0 Å². The van der Waals surface area contributed by atoms with E-state index in [-0.39, 0.29) is 24.7 Å². The zero-order chi connectivity index (χ0) is 17.7. The summed E-state index contributed by atoms with van der Waals surface area (Å²) < 4.78 is 27.2. The fourth-order valence-electron chi connectivity index (χ4n) is 3.40.